The first kappa shape index (κ1) is 15.8. The summed E-state index contributed by atoms with van der Waals surface area (Å²) >= 11 is 0. The fourth-order valence-electron chi connectivity index (χ4n) is 2.61. The number of nitrogens with one attached hydrogen (secondary N) is 1. The number of rotatable bonds is 7. The zero-order valence-corrected chi connectivity index (χ0v) is 12.4. The van der Waals surface area contributed by atoms with Crippen molar-refractivity contribution in [2.45, 2.75) is 50.7 Å². The second-order valence-corrected chi connectivity index (χ2v) is 5.66. The molecule has 2 N–H and O–H groups in total. The van der Waals surface area contributed by atoms with E-state index in [1.165, 1.54) is 19.3 Å². The first-order valence-electron chi connectivity index (χ1n) is 7.77. The minimum Gasteiger partial charge on any atom is -0.389 e. The van der Waals surface area contributed by atoms with E-state index in [4.69, 9.17) is 10.00 Å². The molecule has 0 aromatic heterocycles. The van der Waals surface area contributed by atoms with Crippen LogP contribution < -0.4 is 5.32 Å². The van der Waals surface area contributed by atoms with Gasteiger partial charge in [-0.3, -0.25) is 0 Å². The van der Waals surface area contributed by atoms with Crippen molar-refractivity contribution in [1.82, 2.24) is 0 Å². The van der Waals surface area contributed by atoms with E-state index in [1.807, 2.05) is 24.3 Å². The lowest BCUT2D eigenvalue weighted by Gasteiger charge is -2.23. The van der Waals surface area contributed by atoms with Crippen LogP contribution in [0.15, 0.2) is 24.3 Å². The molecule has 21 heavy (non-hydrogen) atoms. The molecule has 1 aromatic rings. The molecule has 114 valence electrons. The largest absolute Gasteiger partial charge is 0.389 e. The standard InChI is InChI=1S/C17H24N2O2/c18-11-10-14-6-8-15(9-7-14)19-12-16(20)13-21-17-4-2-1-3-5-17/h6-9,16-17,19-20H,1-5,10,12-13H2. The van der Waals surface area contributed by atoms with E-state index in [-0.39, 0.29) is 0 Å². The van der Waals surface area contributed by atoms with Crippen molar-refractivity contribution in [2.75, 3.05) is 18.5 Å². The maximum absolute atomic E-state index is 9.95. The van der Waals surface area contributed by atoms with Gasteiger partial charge in [-0.25, -0.2) is 0 Å². The molecule has 0 bridgehead atoms. The van der Waals surface area contributed by atoms with Gasteiger partial charge in [-0.2, -0.15) is 5.26 Å². The summed E-state index contributed by atoms with van der Waals surface area (Å²) in [6.07, 6.45) is 6.32. The van der Waals surface area contributed by atoms with Crippen LogP contribution in [0.2, 0.25) is 0 Å². The summed E-state index contributed by atoms with van der Waals surface area (Å²) in [7, 11) is 0. The second kappa shape index (κ2) is 8.66. The molecule has 1 saturated carbocycles. The molecule has 1 aliphatic carbocycles. The molecule has 0 amide bonds. The summed E-state index contributed by atoms with van der Waals surface area (Å²) in [6, 6.07) is 9.84. The van der Waals surface area contributed by atoms with Gasteiger partial charge in [-0.05, 0) is 30.5 Å². The summed E-state index contributed by atoms with van der Waals surface area (Å²) < 4.78 is 5.76. The topological polar surface area (TPSA) is 65.3 Å². The van der Waals surface area contributed by atoms with Gasteiger partial charge in [0, 0.05) is 12.2 Å². The van der Waals surface area contributed by atoms with Crippen LogP contribution >= 0.6 is 0 Å². The molecule has 0 spiro atoms. The summed E-state index contributed by atoms with van der Waals surface area (Å²) in [5.41, 5.74) is 1.96. The lowest BCUT2D eigenvalue weighted by Crippen LogP contribution is -2.28. The predicted octanol–water partition coefficient (Wildman–Crippen LogP) is 2.87. The zero-order chi connectivity index (χ0) is 14.9. The van der Waals surface area contributed by atoms with Crippen LogP contribution in [0.5, 0.6) is 0 Å². The van der Waals surface area contributed by atoms with Crippen LogP contribution in [0.4, 0.5) is 5.69 Å². The van der Waals surface area contributed by atoms with Crippen LogP contribution in [0.25, 0.3) is 0 Å². The minimum absolute atomic E-state index is 0.332. The molecular weight excluding hydrogens is 264 g/mol. The Morgan fingerprint density at radius 3 is 2.62 bits per heavy atom. The highest BCUT2D eigenvalue weighted by Crippen LogP contribution is 2.20. The maximum Gasteiger partial charge on any atom is 0.0945 e. The van der Waals surface area contributed by atoms with Gasteiger partial charge in [0.15, 0.2) is 0 Å². The van der Waals surface area contributed by atoms with Crippen molar-refractivity contribution >= 4 is 5.69 Å². The van der Waals surface area contributed by atoms with Crippen molar-refractivity contribution < 1.29 is 9.84 Å². The van der Waals surface area contributed by atoms with Crippen LogP contribution in [0.1, 0.15) is 37.7 Å². The number of anilines is 1. The van der Waals surface area contributed by atoms with E-state index in [9.17, 15) is 5.11 Å². The van der Waals surface area contributed by atoms with Crippen molar-refractivity contribution in [3.8, 4) is 6.07 Å². The van der Waals surface area contributed by atoms with Crippen molar-refractivity contribution in [3.05, 3.63) is 29.8 Å². The summed E-state index contributed by atoms with van der Waals surface area (Å²) in [5.74, 6) is 0. The number of hydrogen-bond acceptors (Lipinski definition) is 4. The molecule has 1 fully saturated rings. The SMILES string of the molecule is N#CCc1ccc(NCC(O)COC2CCCCC2)cc1. The quantitative estimate of drug-likeness (QED) is 0.809. The molecule has 1 unspecified atom stereocenters. The molecule has 1 atom stereocenters. The normalized spacial score (nSPS) is 17.1. The minimum atomic E-state index is -0.495. The average molecular weight is 288 g/mol. The Morgan fingerprint density at radius 2 is 1.95 bits per heavy atom. The molecule has 0 saturated heterocycles. The molecule has 2 rings (SSSR count). The Labute approximate surface area is 126 Å². The van der Waals surface area contributed by atoms with E-state index in [2.05, 4.69) is 11.4 Å². The third kappa shape index (κ3) is 5.74. The Hall–Kier alpha value is -1.57. The van der Waals surface area contributed by atoms with Gasteiger partial charge in [0.1, 0.15) is 0 Å². The number of nitrogens with zero attached hydrogens (tertiary/aromatic N) is 1. The zero-order valence-electron chi connectivity index (χ0n) is 12.4. The number of benzene rings is 1. The smallest absolute Gasteiger partial charge is 0.0945 e. The number of aliphatic hydroxyl groups excluding tert-OH is 1. The lowest BCUT2D eigenvalue weighted by molar-refractivity contribution is -0.0195. The predicted molar refractivity (Wildman–Crippen MR) is 83.1 cm³/mol. The van der Waals surface area contributed by atoms with E-state index in [0.717, 1.165) is 24.1 Å². The Morgan fingerprint density at radius 1 is 1.24 bits per heavy atom. The van der Waals surface area contributed by atoms with Crippen molar-refractivity contribution in [2.24, 2.45) is 0 Å². The fraction of sp³-hybridized carbons (Fsp3) is 0.588. The van der Waals surface area contributed by atoms with Gasteiger partial charge in [-0.1, -0.05) is 31.4 Å². The first-order valence-corrected chi connectivity index (χ1v) is 7.77. The van der Waals surface area contributed by atoms with Crippen LogP contribution in [-0.4, -0.2) is 30.5 Å². The first-order chi connectivity index (χ1) is 10.3. The lowest BCUT2D eigenvalue weighted by atomic mass is 9.98. The van der Waals surface area contributed by atoms with Gasteiger partial charge in [0.25, 0.3) is 0 Å². The van der Waals surface area contributed by atoms with Crippen molar-refractivity contribution in [3.63, 3.8) is 0 Å². The van der Waals surface area contributed by atoms with E-state index < -0.39 is 6.10 Å². The third-order valence-corrected chi connectivity index (χ3v) is 3.86. The van der Waals surface area contributed by atoms with Gasteiger partial charge in [-0.15, -0.1) is 0 Å². The van der Waals surface area contributed by atoms with Gasteiger partial charge < -0.3 is 15.2 Å². The molecule has 0 heterocycles. The Balaban J connectivity index is 1.65. The number of nitriles is 1. The second-order valence-electron chi connectivity index (χ2n) is 5.66. The molecule has 1 aliphatic rings. The highest BCUT2D eigenvalue weighted by Gasteiger charge is 2.15. The highest BCUT2D eigenvalue weighted by molar-refractivity contribution is 5.45. The van der Waals surface area contributed by atoms with Crippen LogP contribution in [0.3, 0.4) is 0 Å². The van der Waals surface area contributed by atoms with Gasteiger partial charge in [0.05, 0.1) is 31.3 Å². The third-order valence-electron chi connectivity index (χ3n) is 3.86. The van der Waals surface area contributed by atoms with Crippen molar-refractivity contribution in [1.29, 1.82) is 5.26 Å². The molecular formula is C17H24N2O2. The highest BCUT2D eigenvalue weighted by atomic mass is 16.5. The Kier molecular flexibility index (Phi) is 6.52. The molecule has 4 nitrogen and oxygen atoms in total. The summed E-state index contributed by atoms with van der Waals surface area (Å²) in [4.78, 5) is 0. The molecule has 0 aliphatic heterocycles. The number of hydrogen-bond donors (Lipinski definition) is 2. The number of aliphatic hydroxyl groups is 1. The van der Waals surface area contributed by atoms with Crippen LogP contribution in [0, 0.1) is 11.3 Å². The maximum atomic E-state index is 9.95. The van der Waals surface area contributed by atoms with E-state index in [0.29, 0.717) is 25.7 Å². The van der Waals surface area contributed by atoms with Crippen LogP contribution in [-0.2, 0) is 11.2 Å². The molecule has 1 aromatic carbocycles. The fourth-order valence-corrected chi connectivity index (χ4v) is 2.61. The molecule has 0 radical (unpaired) electrons. The molecule has 4 heteroatoms. The number of ether oxygens (including phenoxy) is 1. The van der Waals surface area contributed by atoms with E-state index >= 15 is 0 Å². The summed E-state index contributed by atoms with van der Waals surface area (Å²) in [6.45, 7) is 0.870. The monoisotopic (exact) mass is 288 g/mol. The average Bonchev–Trinajstić information content (AvgIpc) is 2.53. The van der Waals surface area contributed by atoms with Gasteiger partial charge in [0.2, 0.25) is 0 Å². The van der Waals surface area contributed by atoms with Gasteiger partial charge >= 0.3 is 0 Å². The van der Waals surface area contributed by atoms with E-state index in [1.54, 1.807) is 0 Å². The summed E-state index contributed by atoms with van der Waals surface area (Å²) in [5, 5.41) is 21.8. The Bertz CT molecular complexity index is 447.